The van der Waals surface area contributed by atoms with Crippen molar-refractivity contribution < 1.29 is 9.18 Å². The highest BCUT2D eigenvalue weighted by molar-refractivity contribution is 5.84. The van der Waals surface area contributed by atoms with Gasteiger partial charge in [0.2, 0.25) is 5.91 Å². The van der Waals surface area contributed by atoms with Crippen molar-refractivity contribution in [2.75, 3.05) is 13.6 Å². The molecule has 1 fully saturated rings. The van der Waals surface area contributed by atoms with Gasteiger partial charge < -0.3 is 10.6 Å². The van der Waals surface area contributed by atoms with E-state index < -0.39 is 5.41 Å². The molecule has 0 saturated heterocycles. The van der Waals surface area contributed by atoms with Crippen molar-refractivity contribution in [2.24, 2.45) is 11.1 Å². The first kappa shape index (κ1) is 14.0. The Bertz CT molecular complexity index is 465. The summed E-state index contributed by atoms with van der Waals surface area (Å²) < 4.78 is 13.8. The summed E-state index contributed by atoms with van der Waals surface area (Å²) in [5.74, 6) is -0.234. The average Bonchev–Trinajstić information content (AvgIpc) is 2.37. The molecule has 0 aliphatic heterocycles. The van der Waals surface area contributed by atoms with E-state index in [-0.39, 0.29) is 17.8 Å². The van der Waals surface area contributed by atoms with Crippen LogP contribution in [-0.2, 0) is 4.79 Å². The van der Waals surface area contributed by atoms with E-state index in [1.807, 2.05) is 6.92 Å². The van der Waals surface area contributed by atoms with E-state index in [4.69, 9.17) is 5.73 Å². The Balaban J connectivity index is 2.17. The van der Waals surface area contributed by atoms with E-state index in [1.54, 1.807) is 30.1 Å². The van der Waals surface area contributed by atoms with E-state index in [0.717, 1.165) is 19.3 Å². The van der Waals surface area contributed by atoms with E-state index in [0.29, 0.717) is 12.1 Å². The molecule has 104 valence electrons. The first-order chi connectivity index (χ1) is 9.02. The Hall–Kier alpha value is -1.42. The molecule has 0 radical (unpaired) electrons. The lowest BCUT2D eigenvalue weighted by molar-refractivity contribution is -0.147. The Morgan fingerprint density at radius 2 is 2.11 bits per heavy atom. The smallest absolute Gasteiger partial charge is 0.230 e. The zero-order valence-electron chi connectivity index (χ0n) is 11.5. The second-order valence-electron chi connectivity index (χ2n) is 5.45. The van der Waals surface area contributed by atoms with Gasteiger partial charge in [-0.3, -0.25) is 4.79 Å². The number of nitrogens with two attached hydrogens (primary N) is 1. The molecule has 1 aliphatic rings. The van der Waals surface area contributed by atoms with Crippen LogP contribution in [0.15, 0.2) is 24.3 Å². The molecule has 1 unspecified atom stereocenters. The Labute approximate surface area is 113 Å². The second-order valence-corrected chi connectivity index (χ2v) is 5.45. The standard InChI is InChI=1S/C15H21FN2O/c1-11(12-6-3-4-7-13(12)16)18(2)14(19)15(10-17)8-5-9-15/h3-4,6-7,11H,5,8-10,17H2,1-2H3. The minimum Gasteiger partial charge on any atom is -0.338 e. The van der Waals surface area contributed by atoms with Gasteiger partial charge in [0.05, 0.1) is 11.5 Å². The fourth-order valence-electron chi connectivity index (χ4n) is 2.68. The molecule has 4 heteroatoms. The predicted molar refractivity (Wildman–Crippen MR) is 72.9 cm³/mol. The Morgan fingerprint density at radius 3 is 2.58 bits per heavy atom. The second kappa shape index (κ2) is 5.29. The molecule has 0 spiro atoms. The van der Waals surface area contributed by atoms with Crippen molar-refractivity contribution >= 4 is 5.91 Å². The topological polar surface area (TPSA) is 46.3 Å². The van der Waals surface area contributed by atoms with Crippen LogP contribution in [0.25, 0.3) is 0 Å². The van der Waals surface area contributed by atoms with Gasteiger partial charge in [-0.05, 0) is 25.8 Å². The number of amides is 1. The van der Waals surface area contributed by atoms with Gasteiger partial charge in [0.25, 0.3) is 0 Å². The molecular formula is C15H21FN2O. The van der Waals surface area contributed by atoms with Crippen LogP contribution in [0, 0.1) is 11.2 Å². The molecular weight excluding hydrogens is 243 g/mol. The van der Waals surface area contributed by atoms with Gasteiger partial charge in [-0.1, -0.05) is 24.6 Å². The van der Waals surface area contributed by atoms with Crippen LogP contribution in [0.1, 0.15) is 37.8 Å². The first-order valence-corrected chi connectivity index (χ1v) is 6.73. The van der Waals surface area contributed by atoms with E-state index >= 15 is 0 Å². The maximum absolute atomic E-state index is 13.8. The van der Waals surface area contributed by atoms with Crippen LogP contribution in [0.2, 0.25) is 0 Å². The first-order valence-electron chi connectivity index (χ1n) is 6.73. The normalized spacial score (nSPS) is 18.5. The molecule has 1 atom stereocenters. The molecule has 2 N–H and O–H groups in total. The molecule has 1 aromatic carbocycles. The number of nitrogens with zero attached hydrogens (tertiary/aromatic N) is 1. The zero-order chi connectivity index (χ0) is 14.0. The Kier molecular flexibility index (Phi) is 3.90. The van der Waals surface area contributed by atoms with E-state index in [2.05, 4.69) is 0 Å². The van der Waals surface area contributed by atoms with Gasteiger partial charge >= 0.3 is 0 Å². The van der Waals surface area contributed by atoms with Gasteiger partial charge in [-0.25, -0.2) is 4.39 Å². The molecule has 1 amide bonds. The van der Waals surface area contributed by atoms with Crippen molar-refractivity contribution in [3.63, 3.8) is 0 Å². The van der Waals surface area contributed by atoms with Crippen LogP contribution in [0.3, 0.4) is 0 Å². The Morgan fingerprint density at radius 1 is 1.47 bits per heavy atom. The summed E-state index contributed by atoms with van der Waals surface area (Å²) in [6.07, 6.45) is 2.73. The highest BCUT2D eigenvalue weighted by atomic mass is 19.1. The molecule has 19 heavy (non-hydrogen) atoms. The van der Waals surface area contributed by atoms with Crippen molar-refractivity contribution in [2.45, 2.75) is 32.2 Å². The van der Waals surface area contributed by atoms with Crippen molar-refractivity contribution in [1.29, 1.82) is 0 Å². The summed E-state index contributed by atoms with van der Waals surface area (Å²) in [7, 11) is 1.73. The van der Waals surface area contributed by atoms with Crippen molar-refractivity contribution in [1.82, 2.24) is 4.90 Å². The van der Waals surface area contributed by atoms with Gasteiger partial charge in [0.15, 0.2) is 0 Å². The predicted octanol–water partition coefficient (Wildman–Crippen LogP) is 2.47. The summed E-state index contributed by atoms with van der Waals surface area (Å²) in [5, 5.41) is 0. The third-order valence-corrected chi connectivity index (χ3v) is 4.41. The maximum Gasteiger partial charge on any atom is 0.230 e. The maximum atomic E-state index is 13.8. The molecule has 3 nitrogen and oxygen atoms in total. The van der Waals surface area contributed by atoms with Crippen LogP contribution in [0.5, 0.6) is 0 Å². The molecule has 0 heterocycles. The summed E-state index contributed by atoms with van der Waals surface area (Å²) in [5.41, 5.74) is 5.89. The number of carbonyl (C=O) groups is 1. The van der Waals surface area contributed by atoms with Gasteiger partial charge in [-0.15, -0.1) is 0 Å². The highest BCUT2D eigenvalue weighted by Gasteiger charge is 2.45. The summed E-state index contributed by atoms with van der Waals surface area (Å²) >= 11 is 0. The average molecular weight is 264 g/mol. The monoisotopic (exact) mass is 264 g/mol. The summed E-state index contributed by atoms with van der Waals surface area (Å²) in [6, 6.07) is 6.31. The molecule has 2 rings (SSSR count). The third-order valence-electron chi connectivity index (χ3n) is 4.41. The largest absolute Gasteiger partial charge is 0.338 e. The number of hydrogen-bond acceptors (Lipinski definition) is 2. The van der Waals surface area contributed by atoms with Gasteiger partial charge in [0, 0.05) is 19.2 Å². The third kappa shape index (κ3) is 2.37. The minimum atomic E-state index is -0.408. The number of benzene rings is 1. The lowest BCUT2D eigenvalue weighted by Gasteiger charge is -2.43. The number of carbonyl (C=O) groups excluding carboxylic acids is 1. The van der Waals surface area contributed by atoms with Crippen LogP contribution in [0.4, 0.5) is 4.39 Å². The van der Waals surface area contributed by atoms with E-state index in [9.17, 15) is 9.18 Å². The van der Waals surface area contributed by atoms with Crippen molar-refractivity contribution in [3.8, 4) is 0 Å². The molecule has 1 aromatic rings. The SMILES string of the molecule is CC(c1ccccc1F)N(C)C(=O)C1(CN)CCC1. The summed E-state index contributed by atoms with van der Waals surface area (Å²) in [6.45, 7) is 2.22. The van der Waals surface area contributed by atoms with Crippen LogP contribution in [-0.4, -0.2) is 24.4 Å². The lowest BCUT2D eigenvalue weighted by Crippen LogP contribution is -2.51. The highest BCUT2D eigenvalue weighted by Crippen LogP contribution is 2.42. The van der Waals surface area contributed by atoms with Crippen LogP contribution < -0.4 is 5.73 Å². The fourth-order valence-corrected chi connectivity index (χ4v) is 2.68. The minimum absolute atomic E-state index is 0.0389. The van der Waals surface area contributed by atoms with Crippen molar-refractivity contribution in [3.05, 3.63) is 35.6 Å². The molecule has 0 bridgehead atoms. The summed E-state index contributed by atoms with van der Waals surface area (Å²) in [4.78, 5) is 14.2. The number of halogens is 1. The van der Waals surface area contributed by atoms with E-state index in [1.165, 1.54) is 6.07 Å². The lowest BCUT2D eigenvalue weighted by atomic mass is 9.67. The molecule has 1 saturated carbocycles. The van der Waals surface area contributed by atoms with Crippen LogP contribution >= 0.6 is 0 Å². The number of hydrogen-bond donors (Lipinski definition) is 1. The quantitative estimate of drug-likeness (QED) is 0.908. The molecule has 0 aromatic heterocycles. The van der Waals surface area contributed by atoms with Gasteiger partial charge in [0.1, 0.15) is 5.82 Å². The number of rotatable bonds is 4. The fraction of sp³-hybridized carbons (Fsp3) is 0.533. The molecule has 1 aliphatic carbocycles. The van der Waals surface area contributed by atoms with Gasteiger partial charge in [-0.2, -0.15) is 0 Å². The zero-order valence-corrected chi connectivity index (χ0v) is 11.5.